The topological polar surface area (TPSA) is 103 Å². The first-order valence-electron chi connectivity index (χ1n) is 7.65. The van der Waals surface area contributed by atoms with E-state index in [4.69, 9.17) is 0 Å². The molecule has 0 aliphatic carbocycles. The van der Waals surface area contributed by atoms with Crippen molar-refractivity contribution in [3.63, 3.8) is 0 Å². The number of furan rings is 1. The van der Waals surface area contributed by atoms with Crippen LogP contribution in [0.2, 0.25) is 0 Å². The molecule has 0 aliphatic rings. The average Bonchev–Trinajstić information content (AvgIpc) is 3.22. The van der Waals surface area contributed by atoms with E-state index < -0.39 is 27.1 Å². The standard InChI is InChI=1S/C15H14F3N5O3S/c1-9(2)10-8-12(23(21-10)14-19-6-3-7-20-14)22-27(24,25)13-5-4-11(26-13)15(16,17)18/h3-9,22H,1-2H3. The number of anilines is 1. The molecule has 0 aromatic carbocycles. The van der Waals surface area contributed by atoms with Gasteiger partial charge in [0.1, 0.15) is 5.82 Å². The smallest absolute Gasteiger partial charge is 0.438 e. The Balaban J connectivity index is 2.00. The molecule has 3 rings (SSSR count). The number of hydrogen-bond acceptors (Lipinski definition) is 6. The van der Waals surface area contributed by atoms with Gasteiger partial charge in [-0.1, -0.05) is 13.8 Å². The molecule has 0 bridgehead atoms. The first-order chi connectivity index (χ1) is 12.6. The number of hydrogen-bond donors (Lipinski definition) is 1. The Morgan fingerprint density at radius 2 is 1.85 bits per heavy atom. The Morgan fingerprint density at radius 1 is 1.19 bits per heavy atom. The summed E-state index contributed by atoms with van der Waals surface area (Å²) in [5.41, 5.74) is 0.538. The molecule has 8 nitrogen and oxygen atoms in total. The zero-order valence-corrected chi connectivity index (χ0v) is 14.9. The van der Waals surface area contributed by atoms with Crippen LogP contribution in [-0.4, -0.2) is 28.2 Å². The molecule has 144 valence electrons. The maximum Gasteiger partial charge on any atom is 0.449 e. The molecule has 1 N–H and O–H groups in total. The van der Waals surface area contributed by atoms with Gasteiger partial charge in [-0.25, -0.2) is 9.97 Å². The van der Waals surface area contributed by atoms with Crippen molar-refractivity contribution in [2.75, 3.05) is 4.72 Å². The van der Waals surface area contributed by atoms with Crippen molar-refractivity contribution in [3.8, 4) is 5.95 Å². The van der Waals surface area contributed by atoms with Crippen molar-refractivity contribution in [2.24, 2.45) is 0 Å². The Labute approximate surface area is 152 Å². The van der Waals surface area contributed by atoms with Gasteiger partial charge in [0.05, 0.1) is 5.69 Å². The molecular weight excluding hydrogens is 387 g/mol. The van der Waals surface area contributed by atoms with Crippen LogP contribution in [0.5, 0.6) is 0 Å². The van der Waals surface area contributed by atoms with Crippen molar-refractivity contribution < 1.29 is 26.0 Å². The maximum atomic E-state index is 12.7. The number of nitrogens with zero attached hydrogens (tertiary/aromatic N) is 4. The molecule has 12 heteroatoms. The van der Waals surface area contributed by atoms with E-state index >= 15 is 0 Å². The van der Waals surface area contributed by atoms with Gasteiger partial charge >= 0.3 is 6.18 Å². The third-order valence-electron chi connectivity index (χ3n) is 3.43. The molecule has 0 saturated carbocycles. The van der Waals surface area contributed by atoms with Gasteiger partial charge in [0.15, 0.2) is 0 Å². The fourth-order valence-electron chi connectivity index (χ4n) is 2.11. The van der Waals surface area contributed by atoms with Crippen LogP contribution in [0.3, 0.4) is 0 Å². The predicted octanol–water partition coefficient (Wildman–Crippen LogP) is 3.20. The van der Waals surface area contributed by atoms with Crippen molar-refractivity contribution in [1.82, 2.24) is 19.7 Å². The summed E-state index contributed by atoms with van der Waals surface area (Å²) in [6.07, 6.45) is -1.91. The molecule has 3 heterocycles. The largest absolute Gasteiger partial charge is 0.449 e. The highest BCUT2D eigenvalue weighted by molar-refractivity contribution is 7.92. The number of sulfonamides is 1. The van der Waals surface area contributed by atoms with E-state index in [0.29, 0.717) is 11.8 Å². The van der Waals surface area contributed by atoms with E-state index in [2.05, 4.69) is 24.2 Å². The molecule has 27 heavy (non-hydrogen) atoms. The lowest BCUT2D eigenvalue weighted by atomic mass is 10.1. The van der Waals surface area contributed by atoms with Crippen LogP contribution in [0.1, 0.15) is 31.2 Å². The minimum Gasteiger partial charge on any atom is -0.438 e. The minimum atomic E-state index is -4.79. The van der Waals surface area contributed by atoms with Gasteiger partial charge in [-0.05, 0) is 24.1 Å². The van der Waals surface area contributed by atoms with E-state index in [1.54, 1.807) is 6.07 Å². The zero-order valence-electron chi connectivity index (χ0n) is 14.1. The van der Waals surface area contributed by atoms with E-state index in [9.17, 15) is 21.6 Å². The SMILES string of the molecule is CC(C)c1cc(NS(=O)(=O)c2ccc(C(F)(F)F)o2)n(-c2ncccn2)n1. The Hall–Kier alpha value is -2.89. The number of nitrogens with one attached hydrogen (secondary N) is 1. The summed E-state index contributed by atoms with van der Waals surface area (Å²) in [7, 11) is -4.43. The van der Waals surface area contributed by atoms with E-state index in [-0.39, 0.29) is 17.7 Å². The summed E-state index contributed by atoms with van der Waals surface area (Å²) < 4.78 is 70.6. The van der Waals surface area contributed by atoms with Crippen LogP contribution >= 0.6 is 0 Å². The summed E-state index contributed by atoms with van der Waals surface area (Å²) in [6, 6.07) is 4.30. The molecule has 0 aliphatic heterocycles. The minimum absolute atomic E-state index is 0.0325. The second kappa shape index (κ2) is 6.68. The Morgan fingerprint density at radius 3 is 2.41 bits per heavy atom. The molecule has 0 spiro atoms. The molecule has 0 fully saturated rings. The molecule has 0 saturated heterocycles. The lowest BCUT2D eigenvalue weighted by Crippen LogP contribution is -2.16. The summed E-state index contributed by atoms with van der Waals surface area (Å²) >= 11 is 0. The van der Waals surface area contributed by atoms with Crippen molar-refractivity contribution in [1.29, 1.82) is 0 Å². The third kappa shape index (κ3) is 3.94. The first-order valence-corrected chi connectivity index (χ1v) is 9.13. The van der Waals surface area contributed by atoms with Crippen LogP contribution < -0.4 is 4.72 Å². The molecular formula is C15H14F3N5O3S. The summed E-state index contributed by atoms with van der Waals surface area (Å²) in [4.78, 5) is 8.01. The van der Waals surface area contributed by atoms with E-state index in [1.165, 1.54) is 18.5 Å². The molecule has 0 radical (unpaired) electrons. The lowest BCUT2D eigenvalue weighted by Gasteiger charge is -2.07. The summed E-state index contributed by atoms with van der Waals surface area (Å²) in [5, 5.41) is 3.38. The fourth-order valence-corrected chi connectivity index (χ4v) is 3.08. The van der Waals surface area contributed by atoms with Gasteiger partial charge in [-0.3, -0.25) is 4.72 Å². The average molecular weight is 401 g/mol. The quantitative estimate of drug-likeness (QED) is 0.704. The van der Waals surface area contributed by atoms with Gasteiger partial charge in [0, 0.05) is 18.5 Å². The van der Waals surface area contributed by atoms with Crippen molar-refractivity contribution in [3.05, 3.63) is 48.1 Å². The van der Waals surface area contributed by atoms with Crippen LogP contribution in [-0.2, 0) is 16.2 Å². The lowest BCUT2D eigenvalue weighted by molar-refractivity contribution is -0.154. The maximum absolute atomic E-state index is 12.7. The van der Waals surface area contributed by atoms with Crippen LogP contribution in [0, 0.1) is 0 Å². The van der Waals surface area contributed by atoms with Gasteiger partial charge in [0.2, 0.25) is 10.9 Å². The number of aromatic nitrogens is 4. The van der Waals surface area contributed by atoms with E-state index in [0.717, 1.165) is 10.7 Å². The highest BCUT2D eigenvalue weighted by Gasteiger charge is 2.36. The second-order valence-electron chi connectivity index (χ2n) is 5.79. The van der Waals surface area contributed by atoms with Crippen LogP contribution in [0.4, 0.5) is 19.0 Å². The molecule has 3 aromatic heterocycles. The summed E-state index contributed by atoms with van der Waals surface area (Å²) in [6.45, 7) is 3.69. The number of rotatable bonds is 5. The first kappa shape index (κ1) is 18.9. The van der Waals surface area contributed by atoms with Crippen LogP contribution in [0.15, 0.2) is 46.2 Å². The van der Waals surface area contributed by atoms with Gasteiger partial charge in [-0.15, -0.1) is 0 Å². The molecule has 0 unspecified atom stereocenters. The van der Waals surface area contributed by atoms with Crippen LogP contribution in [0.25, 0.3) is 5.95 Å². The predicted molar refractivity (Wildman–Crippen MR) is 87.8 cm³/mol. The van der Waals surface area contributed by atoms with Gasteiger partial charge in [0.25, 0.3) is 16.0 Å². The second-order valence-corrected chi connectivity index (χ2v) is 7.41. The highest BCUT2D eigenvalue weighted by atomic mass is 32.2. The normalized spacial score (nSPS) is 12.5. The molecule has 0 atom stereocenters. The Bertz CT molecular complexity index is 1040. The van der Waals surface area contributed by atoms with Gasteiger partial charge in [-0.2, -0.15) is 31.4 Å². The third-order valence-corrected chi connectivity index (χ3v) is 4.65. The molecule has 0 amide bonds. The Kier molecular flexibility index (Phi) is 4.68. The van der Waals surface area contributed by atoms with Crippen molar-refractivity contribution in [2.45, 2.75) is 31.0 Å². The zero-order chi connectivity index (χ0) is 19.8. The van der Waals surface area contributed by atoms with Gasteiger partial charge < -0.3 is 4.42 Å². The number of alkyl halides is 3. The monoisotopic (exact) mass is 401 g/mol. The van der Waals surface area contributed by atoms with E-state index in [1.807, 2.05) is 13.8 Å². The fraction of sp³-hybridized carbons (Fsp3) is 0.267. The summed E-state index contributed by atoms with van der Waals surface area (Å²) in [5.74, 6) is -1.39. The van der Waals surface area contributed by atoms with Crippen molar-refractivity contribution >= 4 is 15.8 Å². The highest BCUT2D eigenvalue weighted by Crippen LogP contribution is 2.32. The number of halogens is 3. The molecule has 3 aromatic rings.